The quantitative estimate of drug-likeness (QED) is 0.655. The lowest BCUT2D eigenvalue weighted by Gasteiger charge is -2.34. The number of ether oxygens (including phenoxy) is 3. The van der Waals surface area contributed by atoms with Gasteiger partial charge in [0.25, 0.3) is 5.91 Å². The number of hydrogen-bond acceptors (Lipinski definition) is 5. The molecule has 0 spiro atoms. The summed E-state index contributed by atoms with van der Waals surface area (Å²) >= 11 is 5.88. The Balaban J connectivity index is 1.47. The van der Waals surface area contributed by atoms with E-state index < -0.39 is 0 Å². The van der Waals surface area contributed by atoms with Crippen LogP contribution in [0, 0.1) is 0 Å². The lowest BCUT2D eigenvalue weighted by Crippen LogP contribution is -2.49. The van der Waals surface area contributed by atoms with Gasteiger partial charge in [-0.05, 0) is 49.4 Å². The number of rotatable bonds is 8. The molecule has 1 heterocycles. The molecular weight excluding hydrogens is 392 g/mol. The van der Waals surface area contributed by atoms with Crippen molar-refractivity contribution < 1.29 is 19.0 Å². The molecule has 0 saturated carbocycles. The van der Waals surface area contributed by atoms with Crippen LogP contribution in [-0.2, 0) is 0 Å². The molecule has 2 aromatic rings. The Morgan fingerprint density at radius 1 is 1.00 bits per heavy atom. The summed E-state index contributed by atoms with van der Waals surface area (Å²) in [5, 5.41) is 0.697. The first-order chi connectivity index (χ1) is 14.1. The van der Waals surface area contributed by atoms with Crippen LogP contribution in [0.3, 0.4) is 0 Å². The van der Waals surface area contributed by atoms with Crippen molar-refractivity contribution in [2.45, 2.75) is 6.92 Å². The monoisotopic (exact) mass is 418 g/mol. The van der Waals surface area contributed by atoms with Crippen molar-refractivity contribution in [1.82, 2.24) is 9.80 Å². The number of hydrogen-bond donors (Lipinski definition) is 0. The molecule has 0 aliphatic carbocycles. The smallest absolute Gasteiger partial charge is 0.254 e. The Hall–Kier alpha value is -2.44. The molecule has 156 valence electrons. The predicted molar refractivity (Wildman–Crippen MR) is 113 cm³/mol. The van der Waals surface area contributed by atoms with Crippen molar-refractivity contribution in [2.24, 2.45) is 0 Å². The molecular formula is C22H27ClN2O4. The molecule has 7 heteroatoms. The second kappa shape index (κ2) is 10.4. The fraction of sp³-hybridized carbons (Fsp3) is 0.409. The molecule has 0 radical (unpaired) electrons. The normalized spacial score (nSPS) is 14.5. The summed E-state index contributed by atoms with van der Waals surface area (Å²) in [6.07, 6.45) is 0. The number of amides is 1. The van der Waals surface area contributed by atoms with Gasteiger partial charge in [-0.25, -0.2) is 0 Å². The van der Waals surface area contributed by atoms with E-state index in [0.29, 0.717) is 48.4 Å². The van der Waals surface area contributed by atoms with Gasteiger partial charge in [-0.2, -0.15) is 0 Å². The second-order valence-corrected chi connectivity index (χ2v) is 7.17. The standard InChI is InChI=1S/C22H27ClN2O4/c1-3-28-20-9-4-17(16-21(20)27-2)22(26)25-12-10-24(11-13-25)14-15-29-19-7-5-18(23)6-8-19/h4-9,16H,3,10-15H2,1-2H3. The summed E-state index contributed by atoms with van der Waals surface area (Å²) in [7, 11) is 1.58. The molecule has 1 amide bonds. The molecule has 0 N–H and O–H groups in total. The topological polar surface area (TPSA) is 51.2 Å². The fourth-order valence-corrected chi connectivity index (χ4v) is 3.38. The Morgan fingerprint density at radius 2 is 1.72 bits per heavy atom. The molecule has 3 rings (SSSR count). The first kappa shape index (κ1) is 21.3. The highest BCUT2D eigenvalue weighted by molar-refractivity contribution is 6.30. The van der Waals surface area contributed by atoms with Crippen LogP contribution < -0.4 is 14.2 Å². The number of carbonyl (C=O) groups is 1. The fourth-order valence-electron chi connectivity index (χ4n) is 3.26. The lowest BCUT2D eigenvalue weighted by molar-refractivity contribution is 0.0620. The van der Waals surface area contributed by atoms with Gasteiger partial charge >= 0.3 is 0 Å². The van der Waals surface area contributed by atoms with Crippen LogP contribution in [0.4, 0.5) is 0 Å². The Morgan fingerprint density at radius 3 is 2.38 bits per heavy atom. The zero-order chi connectivity index (χ0) is 20.6. The van der Waals surface area contributed by atoms with E-state index in [0.717, 1.165) is 25.4 Å². The van der Waals surface area contributed by atoms with Gasteiger partial charge in [0.05, 0.1) is 13.7 Å². The average molecular weight is 419 g/mol. The van der Waals surface area contributed by atoms with E-state index in [1.54, 1.807) is 25.3 Å². The average Bonchev–Trinajstić information content (AvgIpc) is 2.75. The van der Waals surface area contributed by atoms with Gasteiger partial charge in [-0.1, -0.05) is 11.6 Å². The Labute approximate surface area is 176 Å². The highest BCUT2D eigenvalue weighted by atomic mass is 35.5. The number of nitrogens with zero attached hydrogens (tertiary/aromatic N) is 2. The first-order valence-electron chi connectivity index (χ1n) is 9.81. The maximum Gasteiger partial charge on any atom is 0.254 e. The van der Waals surface area contributed by atoms with Crippen LogP contribution in [0.1, 0.15) is 17.3 Å². The number of methoxy groups -OCH3 is 1. The summed E-state index contributed by atoms with van der Waals surface area (Å²) in [4.78, 5) is 17.0. The highest BCUT2D eigenvalue weighted by Crippen LogP contribution is 2.28. The summed E-state index contributed by atoms with van der Waals surface area (Å²) in [6, 6.07) is 12.7. The molecule has 1 aliphatic heterocycles. The molecule has 29 heavy (non-hydrogen) atoms. The van der Waals surface area contributed by atoms with Crippen molar-refractivity contribution in [3.63, 3.8) is 0 Å². The van der Waals surface area contributed by atoms with Gasteiger partial charge in [-0.15, -0.1) is 0 Å². The van der Waals surface area contributed by atoms with Crippen LogP contribution in [0.15, 0.2) is 42.5 Å². The van der Waals surface area contributed by atoms with Crippen molar-refractivity contribution >= 4 is 17.5 Å². The number of benzene rings is 2. The Bertz CT molecular complexity index is 805. The number of halogens is 1. The predicted octanol–water partition coefficient (Wildman–Crippen LogP) is 3.58. The second-order valence-electron chi connectivity index (χ2n) is 6.73. The van der Waals surface area contributed by atoms with Crippen LogP contribution in [-0.4, -0.2) is 68.8 Å². The maximum absolute atomic E-state index is 12.8. The zero-order valence-corrected chi connectivity index (χ0v) is 17.7. The van der Waals surface area contributed by atoms with E-state index in [9.17, 15) is 4.79 Å². The first-order valence-corrected chi connectivity index (χ1v) is 10.2. The van der Waals surface area contributed by atoms with Gasteiger partial charge in [0.2, 0.25) is 0 Å². The molecule has 0 atom stereocenters. The van der Waals surface area contributed by atoms with Crippen molar-refractivity contribution in [3.8, 4) is 17.2 Å². The van der Waals surface area contributed by atoms with E-state index in [-0.39, 0.29) is 5.91 Å². The molecule has 1 fully saturated rings. The molecule has 1 saturated heterocycles. The molecule has 0 aromatic heterocycles. The van der Waals surface area contributed by atoms with E-state index in [4.69, 9.17) is 25.8 Å². The summed E-state index contributed by atoms with van der Waals surface area (Å²) in [6.45, 7) is 6.91. The minimum atomic E-state index is 0.0170. The minimum absolute atomic E-state index is 0.0170. The summed E-state index contributed by atoms with van der Waals surface area (Å²) in [5.74, 6) is 2.06. The Kier molecular flexibility index (Phi) is 7.61. The third-order valence-electron chi connectivity index (χ3n) is 4.86. The van der Waals surface area contributed by atoms with E-state index in [1.165, 1.54) is 0 Å². The van der Waals surface area contributed by atoms with Crippen molar-refractivity contribution in [2.75, 3.05) is 53.0 Å². The third-order valence-corrected chi connectivity index (χ3v) is 5.11. The van der Waals surface area contributed by atoms with Gasteiger partial charge in [0, 0.05) is 43.3 Å². The molecule has 1 aliphatic rings. The largest absolute Gasteiger partial charge is 0.493 e. The number of carbonyl (C=O) groups excluding carboxylic acids is 1. The minimum Gasteiger partial charge on any atom is -0.493 e. The molecule has 0 unspecified atom stereocenters. The van der Waals surface area contributed by atoms with Gasteiger partial charge in [0.15, 0.2) is 11.5 Å². The summed E-state index contributed by atoms with van der Waals surface area (Å²) in [5.41, 5.74) is 0.616. The van der Waals surface area contributed by atoms with E-state index in [1.807, 2.05) is 36.1 Å². The number of piperazine rings is 1. The van der Waals surface area contributed by atoms with Gasteiger partial charge in [-0.3, -0.25) is 9.69 Å². The van der Waals surface area contributed by atoms with Crippen LogP contribution in [0.2, 0.25) is 5.02 Å². The zero-order valence-electron chi connectivity index (χ0n) is 16.9. The molecule has 2 aromatic carbocycles. The van der Waals surface area contributed by atoms with Gasteiger partial charge < -0.3 is 19.1 Å². The van der Waals surface area contributed by atoms with Gasteiger partial charge in [0.1, 0.15) is 12.4 Å². The molecule has 0 bridgehead atoms. The maximum atomic E-state index is 12.8. The molecule has 6 nitrogen and oxygen atoms in total. The van der Waals surface area contributed by atoms with Crippen LogP contribution in [0.5, 0.6) is 17.2 Å². The van der Waals surface area contributed by atoms with Crippen molar-refractivity contribution in [1.29, 1.82) is 0 Å². The van der Waals surface area contributed by atoms with Crippen molar-refractivity contribution in [3.05, 3.63) is 53.1 Å². The summed E-state index contributed by atoms with van der Waals surface area (Å²) < 4.78 is 16.6. The highest BCUT2D eigenvalue weighted by Gasteiger charge is 2.23. The van der Waals surface area contributed by atoms with Crippen LogP contribution >= 0.6 is 11.6 Å². The van der Waals surface area contributed by atoms with Crippen LogP contribution in [0.25, 0.3) is 0 Å². The SMILES string of the molecule is CCOc1ccc(C(=O)N2CCN(CCOc3ccc(Cl)cc3)CC2)cc1OC. The third kappa shape index (κ3) is 5.78. The van der Waals surface area contributed by atoms with E-state index in [2.05, 4.69) is 4.90 Å². The lowest BCUT2D eigenvalue weighted by atomic mass is 10.1. The van der Waals surface area contributed by atoms with E-state index >= 15 is 0 Å².